The molecule has 1 spiro atoms. The summed E-state index contributed by atoms with van der Waals surface area (Å²) >= 11 is 0. The van der Waals surface area contributed by atoms with Gasteiger partial charge in [-0.15, -0.1) is 0 Å². The summed E-state index contributed by atoms with van der Waals surface area (Å²) < 4.78 is 5.81. The number of nitrogens with zero attached hydrogens (tertiary/aromatic N) is 3. The Hall–Kier alpha value is -2.31. The largest absolute Gasteiger partial charge is 0.392 e. The van der Waals surface area contributed by atoms with Crippen molar-refractivity contribution in [2.45, 2.75) is 45.3 Å². The van der Waals surface area contributed by atoms with Crippen LogP contribution in [0.3, 0.4) is 0 Å². The number of rotatable bonds is 4. The molecule has 1 amide bonds. The molecule has 6 nitrogen and oxygen atoms in total. The van der Waals surface area contributed by atoms with Gasteiger partial charge in [-0.2, -0.15) is 0 Å². The number of likely N-dealkylation sites (tertiary alicyclic amines) is 1. The zero-order valence-corrected chi connectivity index (χ0v) is 16.5. The smallest absolute Gasteiger partial charge is 0.257 e. The van der Waals surface area contributed by atoms with Crippen LogP contribution in [0.4, 0.5) is 0 Å². The number of piperidine rings is 1. The van der Waals surface area contributed by atoms with E-state index in [0.29, 0.717) is 43.2 Å². The van der Waals surface area contributed by atoms with Gasteiger partial charge in [0.1, 0.15) is 0 Å². The fourth-order valence-corrected chi connectivity index (χ4v) is 4.52. The maximum Gasteiger partial charge on any atom is 0.257 e. The van der Waals surface area contributed by atoms with E-state index in [-0.39, 0.29) is 23.5 Å². The van der Waals surface area contributed by atoms with Crippen LogP contribution in [-0.2, 0) is 4.74 Å². The molecule has 0 bridgehead atoms. The number of ether oxygens (including phenoxy) is 1. The minimum atomic E-state index is -0.323. The van der Waals surface area contributed by atoms with Crippen molar-refractivity contribution in [1.82, 2.24) is 14.9 Å². The van der Waals surface area contributed by atoms with Crippen LogP contribution in [0.15, 0.2) is 36.5 Å². The third-order valence-corrected chi connectivity index (χ3v) is 6.33. The molecule has 1 saturated heterocycles. The van der Waals surface area contributed by atoms with E-state index in [9.17, 15) is 9.90 Å². The third kappa shape index (κ3) is 3.20. The van der Waals surface area contributed by atoms with Crippen LogP contribution in [0.1, 0.15) is 42.2 Å². The highest BCUT2D eigenvalue weighted by Gasteiger charge is 2.56. The number of hydrogen-bond donors (Lipinski definition) is 1. The lowest BCUT2D eigenvalue weighted by molar-refractivity contribution is -0.207. The lowest BCUT2D eigenvalue weighted by Gasteiger charge is -2.56. The number of benzene rings is 1. The third-order valence-electron chi connectivity index (χ3n) is 6.33. The van der Waals surface area contributed by atoms with Gasteiger partial charge in [-0.25, -0.2) is 9.97 Å². The lowest BCUT2D eigenvalue weighted by Crippen LogP contribution is -2.62. The first-order valence-corrected chi connectivity index (χ1v) is 10.0. The molecule has 1 aliphatic heterocycles. The summed E-state index contributed by atoms with van der Waals surface area (Å²) in [5.74, 6) is 0.595. The first-order chi connectivity index (χ1) is 13.5. The second kappa shape index (κ2) is 7.60. The molecule has 1 N–H and O–H groups in total. The zero-order chi connectivity index (χ0) is 19.7. The predicted octanol–water partition coefficient (Wildman–Crippen LogP) is 2.84. The second-order valence-corrected chi connectivity index (χ2v) is 7.78. The van der Waals surface area contributed by atoms with Gasteiger partial charge in [-0.05, 0) is 26.7 Å². The second-order valence-electron chi connectivity index (χ2n) is 7.78. The Morgan fingerprint density at radius 2 is 2.00 bits per heavy atom. The molecule has 4 rings (SSSR count). The van der Waals surface area contributed by atoms with E-state index in [1.165, 1.54) is 0 Å². The minimum Gasteiger partial charge on any atom is -0.392 e. The van der Waals surface area contributed by atoms with Crippen molar-refractivity contribution in [2.24, 2.45) is 5.41 Å². The molecule has 28 heavy (non-hydrogen) atoms. The summed E-state index contributed by atoms with van der Waals surface area (Å²) in [6.07, 6.45) is 3.67. The molecular weight excluding hydrogens is 354 g/mol. The Morgan fingerprint density at radius 1 is 1.29 bits per heavy atom. The molecule has 148 valence electrons. The van der Waals surface area contributed by atoms with Gasteiger partial charge in [-0.1, -0.05) is 30.3 Å². The normalized spacial score (nSPS) is 23.5. The average molecular weight is 381 g/mol. The van der Waals surface area contributed by atoms with Gasteiger partial charge in [0, 0.05) is 43.3 Å². The number of amides is 1. The number of aliphatic hydroxyl groups excluding tert-OH is 1. The van der Waals surface area contributed by atoms with Crippen LogP contribution in [0.25, 0.3) is 11.4 Å². The van der Waals surface area contributed by atoms with Crippen LogP contribution in [0.2, 0.25) is 0 Å². The predicted molar refractivity (Wildman–Crippen MR) is 106 cm³/mol. The molecule has 1 aromatic heterocycles. The van der Waals surface area contributed by atoms with Crippen LogP contribution in [-0.4, -0.2) is 57.8 Å². The first kappa shape index (κ1) is 19.0. The van der Waals surface area contributed by atoms with Crippen molar-refractivity contribution in [1.29, 1.82) is 0 Å². The monoisotopic (exact) mass is 381 g/mol. The lowest BCUT2D eigenvalue weighted by atomic mass is 9.58. The van der Waals surface area contributed by atoms with Crippen LogP contribution >= 0.6 is 0 Å². The fourth-order valence-electron chi connectivity index (χ4n) is 4.52. The van der Waals surface area contributed by atoms with Crippen molar-refractivity contribution in [3.05, 3.63) is 47.8 Å². The van der Waals surface area contributed by atoms with Crippen LogP contribution < -0.4 is 0 Å². The quantitative estimate of drug-likeness (QED) is 0.881. The summed E-state index contributed by atoms with van der Waals surface area (Å²) in [7, 11) is 0. The van der Waals surface area contributed by atoms with Gasteiger partial charge >= 0.3 is 0 Å². The molecule has 2 aromatic rings. The molecule has 1 aromatic carbocycles. The SMILES string of the molecule is CCO[C@@H]1C[C@H](O)C12CCN(C(=O)c1cnc(-c3ccccc3)nc1C)CC2. The highest BCUT2D eigenvalue weighted by molar-refractivity contribution is 5.95. The number of aryl methyl sites for hydroxylation is 1. The fraction of sp³-hybridized carbons (Fsp3) is 0.500. The number of aromatic nitrogens is 2. The molecule has 2 aliphatic rings. The molecule has 2 atom stereocenters. The van der Waals surface area contributed by atoms with E-state index in [4.69, 9.17) is 4.74 Å². The molecule has 2 fully saturated rings. The van der Waals surface area contributed by atoms with Crippen molar-refractivity contribution in [3.8, 4) is 11.4 Å². The van der Waals surface area contributed by atoms with Gasteiger partial charge in [0.2, 0.25) is 0 Å². The minimum absolute atomic E-state index is 0.0336. The maximum atomic E-state index is 13.0. The Kier molecular flexibility index (Phi) is 5.17. The van der Waals surface area contributed by atoms with Crippen molar-refractivity contribution < 1.29 is 14.6 Å². The number of aliphatic hydroxyl groups is 1. The number of hydrogen-bond acceptors (Lipinski definition) is 5. The summed E-state index contributed by atoms with van der Waals surface area (Å²) in [6.45, 7) is 5.75. The van der Waals surface area contributed by atoms with E-state index in [2.05, 4.69) is 9.97 Å². The standard InChI is InChI=1S/C22H27N3O3/c1-3-28-19-13-18(26)22(19)9-11-25(12-10-22)21(27)17-14-23-20(24-15(17)2)16-7-5-4-6-8-16/h4-8,14,18-19,26H,3,9-13H2,1-2H3/t18-,19+/m0/s1. The van der Waals surface area contributed by atoms with Crippen LogP contribution in [0.5, 0.6) is 0 Å². The Morgan fingerprint density at radius 3 is 2.61 bits per heavy atom. The van der Waals surface area contributed by atoms with Gasteiger partial charge in [0.15, 0.2) is 5.82 Å². The van der Waals surface area contributed by atoms with Gasteiger partial charge in [0.25, 0.3) is 5.91 Å². The number of carbonyl (C=O) groups is 1. The number of carbonyl (C=O) groups excluding carboxylic acids is 1. The highest BCUT2D eigenvalue weighted by Crippen LogP contribution is 2.51. The van der Waals surface area contributed by atoms with Crippen LogP contribution in [0, 0.1) is 12.3 Å². The van der Waals surface area contributed by atoms with E-state index in [1.807, 2.05) is 49.1 Å². The van der Waals surface area contributed by atoms with Crippen molar-refractivity contribution in [2.75, 3.05) is 19.7 Å². The molecule has 6 heteroatoms. The van der Waals surface area contributed by atoms with E-state index >= 15 is 0 Å². The zero-order valence-electron chi connectivity index (χ0n) is 16.5. The van der Waals surface area contributed by atoms with E-state index in [0.717, 1.165) is 18.4 Å². The summed E-state index contributed by atoms with van der Waals surface area (Å²) in [5.41, 5.74) is 1.99. The van der Waals surface area contributed by atoms with Gasteiger partial charge < -0.3 is 14.7 Å². The molecule has 0 radical (unpaired) electrons. The summed E-state index contributed by atoms with van der Waals surface area (Å²) in [6, 6.07) is 9.76. The summed E-state index contributed by atoms with van der Waals surface area (Å²) in [5, 5.41) is 10.3. The topological polar surface area (TPSA) is 75.6 Å². The average Bonchev–Trinajstić information content (AvgIpc) is 2.74. The van der Waals surface area contributed by atoms with Gasteiger partial charge in [-0.3, -0.25) is 4.79 Å². The van der Waals surface area contributed by atoms with E-state index in [1.54, 1.807) is 6.20 Å². The maximum absolute atomic E-state index is 13.0. The highest BCUT2D eigenvalue weighted by atomic mass is 16.5. The Labute approximate surface area is 165 Å². The van der Waals surface area contributed by atoms with Gasteiger partial charge in [0.05, 0.1) is 23.5 Å². The molecule has 1 aliphatic carbocycles. The van der Waals surface area contributed by atoms with E-state index < -0.39 is 0 Å². The molecule has 0 unspecified atom stereocenters. The Balaban J connectivity index is 1.46. The van der Waals surface area contributed by atoms with Crippen molar-refractivity contribution >= 4 is 5.91 Å². The molecule has 1 saturated carbocycles. The van der Waals surface area contributed by atoms with Crippen molar-refractivity contribution in [3.63, 3.8) is 0 Å². The summed E-state index contributed by atoms with van der Waals surface area (Å²) in [4.78, 5) is 23.8. The Bertz CT molecular complexity index is 845. The molecular formula is C22H27N3O3. The molecule has 2 heterocycles. The first-order valence-electron chi connectivity index (χ1n) is 10.0.